The molecule has 25 heavy (non-hydrogen) atoms. The van der Waals surface area contributed by atoms with E-state index in [0.717, 1.165) is 4.47 Å². The fourth-order valence-electron chi connectivity index (χ4n) is 1.57. The summed E-state index contributed by atoms with van der Waals surface area (Å²) in [7, 11) is 0. The third-order valence-electron chi connectivity index (χ3n) is 2.68. The normalized spacial score (nSPS) is 10.3. The van der Waals surface area contributed by atoms with E-state index in [9.17, 15) is 9.59 Å². The number of carbonyl (C=O) groups excluding carboxylic acids is 2. The van der Waals surface area contributed by atoms with Crippen LogP contribution in [0.3, 0.4) is 0 Å². The minimum absolute atomic E-state index is 0.0499. The fraction of sp³-hybridized carbons (Fsp3) is 0.0625. The molecule has 0 atom stereocenters. The monoisotopic (exact) mass is 423 g/mol. The number of rotatable bonds is 5. The topological polar surface area (TPSA) is 92.6 Å². The number of halogens is 1. The van der Waals surface area contributed by atoms with Crippen LogP contribution in [0.25, 0.3) is 6.08 Å². The number of carbonyl (C=O) groups is 2. The minimum Gasteiger partial charge on any atom is -0.484 e. The third-order valence-corrected chi connectivity index (χ3v) is 3.41. The zero-order chi connectivity index (χ0) is 18.1. The molecule has 1 aromatic heterocycles. The molecule has 0 aliphatic heterocycles. The predicted octanol–water partition coefficient (Wildman–Crippen LogP) is 2.16. The first kappa shape index (κ1) is 18.7. The van der Waals surface area contributed by atoms with E-state index in [-0.39, 0.29) is 11.7 Å². The van der Waals surface area contributed by atoms with Gasteiger partial charge in [-0.1, -0.05) is 15.9 Å². The van der Waals surface area contributed by atoms with Gasteiger partial charge in [-0.2, -0.15) is 0 Å². The Morgan fingerprint density at radius 3 is 2.64 bits per heavy atom. The number of hydrazine groups is 1. The Morgan fingerprint density at radius 2 is 1.96 bits per heavy atom. The molecule has 0 unspecified atom stereocenters. The number of amides is 2. The lowest BCUT2D eigenvalue weighted by Crippen LogP contribution is -2.49. The fourth-order valence-corrected chi connectivity index (χ4v) is 1.99. The molecule has 0 saturated carbocycles. The van der Waals surface area contributed by atoms with E-state index >= 15 is 0 Å². The van der Waals surface area contributed by atoms with Gasteiger partial charge in [0.05, 0.1) is 6.26 Å². The highest BCUT2D eigenvalue weighted by Crippen LogP contribution is 2.15. The van der Waals surface area contributed by atoms with Crippen LogP contribution in [0, 0.1) is 0 Å². The number of ether oxygens (including phenoxy) is 1. The summed E-state index contributed by atoms with van der Waals surface area (Å²) < 4.78 is 11.3. The van der Waals surface area contributed by atoms with Crippen molar-refractivity contribution >= 4 is 51.2 Å². The Kier molecular flexibility index (Phi) is 7.17. The number of hydrogen-bond donors (Lipinski definition) is 3. The highest BCUT2D eigenvalue weighted by Gasteiger charge is 2.05. The van der Waals surface area contributed by atoms with E-state index in [1.807, 2.05) is 0 Å². The van der Waals surface area contributed by atoms with Gasteiger partial charge in [0.25, 0.3) is 5.91 Å². The maximum absolute atomic E-state index is 11.6. The summed E-state index contributed by atoms with van der Waals surface area (Å²) in [5.41, 5.74) is 4.72. The van der Waals surface area contributed by atoms with Gasteiger partial charge in [0.2, 0.25) is 5.91 Å². The highest BCUT2D eigenvalue weighted by molar-refractivity contribution is 9.10. The number of furan rings is 1. The average Bonchev–Trinajstić information content (AvgIpc) is 3.11. The van der Waals surface area contributed by atoms with Gasteiger partial charge < -0.3 is 9.15 Å². The summed E-state index contributed by atoms with van der Waals surface area (Å²) >= 11 is 8.20. The molecule has 0 spiro atoms. The standard InChI is InChI=1S/C16H14BrN3O4S/c17-11-3-5-13(6-4-11)24-10-15(22)19-20-16(25)18-14(21)8-7-12-2-1-9-23-12/h1-9H,10H2,(H,19,22)(H2,18,20,21,25)/b8-7+. The molecule has 2 aromatic rings. The summed E-state index contributed by atoms with van der Waals surface area (Å²) in [6.07, 6.45) is 4.24. The maximum atomic E-state index is 11.6. The van der Waals surface area contributed by atoms with Crippen molar-refractivity contribution in [1.29, 1.82) is 0 Å². The first-order valence-corrected chi connectivity index (χ1v) is 8.23. The van der Waals surface area contributed by atoms with Gasteiger partial charge in [-0.3, -0.25) is 25.8 Å². The Bertz CT molecular complexity index is 760. The average molecular weight is 424 g/mol. The maximum Gasteiger partial charge on any atom is 0.276 e. The van der Waals surface area contributed by atoms with Crippen LogP contribution in [0.5, 0.6) is 5.75 Å². The molecule has 0 fully saturated rings. The van der Waals surface area contributed by atoms with Crippen LogP contribution in [0.1, 0.15) is 5.76 Å². The van der Waals surface area contributed by atoms with Crippen LogP contribution in [0.15, 0.2) is 57.6 Å². The van der Waals surface area contributed by atoms with Gasteiger partial charge in [-0.05, 0) is 54.7 Å². The molecule has 2 rings (SSSR count). The lowest BCUT2D eigenvalue weighted by atomic mass is 10.3. The quantitative estimate of drug-likeness (QED) is 0.387. The zero-order valence-corrected chi connectivity index (χ0v) is 15.2. The van der Waals surface area contributed by atoms with Crippen molar-refractivity contribution in [1.82, 2.24) is 16.2 Å². The Hall–Kier alpha value is -2.65. The van der Waals surface area contributed by atoms with E-state index in [2.05, 4.69) is 32.1 Å². The van der Waals surface area contributed by atoms with E-state index in [0.29, 0.717) is 11.5 Å². The Morgan fingerprint density at radius 1 is 1.20 bits per heavy atom. The predicted molar refractivity (Wildman–Crippen MR) is 99.4 cm³/mol. The second-order valence-electron chi connectivity index (χ2n) is 4.58. The van der Waals surface area contributed by atoms with Gasteiger partial charge >= 0.3 is 0 Å². The zero-order valence-electron chi connectivity index (χ0n) is 12.8. The number of benzene rings is 1. The summed E-state index contributed by atoms with van der Waals surface area (Å²) in [6.45, 7) is -0.205. The molecule has 130 valence electrons. The number of nitrogens with one attached hydrogen (secondary N) is 3. The molecular weight excluding hydrogens is 410 g/mol. The molecule has 9 heteroatoms. The van der Waals surface area contributed by atoms with Gasteiger partial charge in [0.1, 0.15) is 11.5 Å². The number of thiocarbonyl (C=S) groups is 1. The molecule has 0 aliphatic carbocycles. The van der Waals surface area contributed by atoms with Crippen molar-refractivity contribution in [2.75, 3.05) is 6.61 Å². The minimum atomic E-state index is -0.464. The molecule has 2 amide bonds. The first-order valence-electron chi connectivity index (χ1n) is 7.02. The van der Waals surface area contributed by atoms with Crippen molar-refractivity contribution in [2.24, 2.45) is 0 Å². The second kappa shape index (κ2) is 9.60. The summed E-state index contributed by atoms with van der Waals surface area (Å²) in [5.74, 6) is 0.171. The summed E-state index contributed by atoms with van der Waals surface area (Å²) in [4.78, 5) is 23.3. The van der Waals surface area contributed by atoms with Crippen LogP contribution < -0.4 is 20.9 Å². The van der Waals surface area contributed by atoms with Gasteiger partial charge in [0.15, 0.2) is 11.7 Å². The molecule has 1 heterocycles. The van der Waals surface area contributed by atoms with Crippen molar-refractivity contribution in [3.05, 3.63) is 59.0 Å². The van der Waals surface area contributed by atoms with Gasteiger partial charge in [-0.25, -0.2) is 0 Å². The lowest BCUT2D eigenvalue weighted by molar-refractivity contribution is -0.123. The van der Waals surface area contributed by atoms with Crippen LogP contribution in [0.4, 0.5) is 0 Å². The van der Waals surface area contributed by atoms with E-state index < -0.39 is 11.8 Å². The van der Waals surface area contributed by atoms with E-state index in [4.69, 9.17) is 21.4 Å². The van der Waals surface area contributed by atoms with E-state index in [1.165, 1.54) is 18.4 Å². The smallest absolute Gasteiger partial charge is 0.276 e. The SMILES string of the molecule is O=C(/C=C/c1ccco1)NC(=S)NNC(=O)COc1ccc(Br)cc1. The molecule has 0 bridgehead atoms. The van der Waals surface area contributed by atoms with Crippen molar-refractivity contribution in [3.63, 3.8) is 0 Å². The van der Waals surface area contributed by atoms with Crippen molar-refractivity contribution in [3.8, 4) is 5.75 Å². The molecule has 1 aromatic carbocycles. The lowest BCUT2D eigenvalue weighted by Gasteiger charge is -2.10. The third kappa shape index (κ3) is 7.19. The molecule has 3 N–H and O–H groups in total. The van der Waals surface area contributed by atoms with Crippen molar-refractivity contribution in [2.45, 2.75) is 0 Å². The molecular formula is C16H14BrN3O4S. The second-order valence-corrected chi connectivity index (χ2v) is 5.91. The Labute approximate surface area is 157 Å². The van der Waals surface area contributed by atoms with Crippen LogP contribution >= 0.6 is 28.1 Å². The van der Waals surface area contributed by atoms with E-state index in [1.54, 1.807) is 36.4 Å². The van der Waals surface area contributed by atoms with Crippen LogP contribution in [-0.4, -0.2) is 23.5 Å². The first-order chi connectivity index (χ1) is 12.0. The Balaban J connectivity index is 1.65. The molecule has 7 nitrogen and oxygen atoms in total. The van der Waals surface area contributed by atoms with Gasteiger partial charge in [-0.15, -0.1) is 0 Å². The summed E-state index contributed by atoms with van der Waals surface area (Å²) in [5, 5.41) is 2.32. The summed E-state index contributed by atoms with van der Waals surface area (Å²) in [6, 6.07) is 10.4. The molecule has 0 aliphatic rings. The largest absolute Gasteiger partial charge is 0.484 e. The van der Waals surface area contributed by atoms with Crippen LogP contribution in [-0.2, 0) is 9.59 Å². The molecule has 0 radical (unpaired) electrons. The van der Waals surface area contributed by atoms with Gasteiger partial charge in [0, 0.05) is 10.5 Å². The molecule has 0 saturated heterocycles. The van der Waals surface area contributed by atoms with Crippen LogP contribution in [0.2, 0.25) is 0 Å². The van der Waals surface area contributed by atoms with Crippen molar-refractivity contribution < 1.29 is 18.7 Å². The highest BCUT2D eigenvalue weighted by atomic mass is 79.9. The number of hydrogen-bond acceptors (Lipinski definition) is 5.